The Morgan fingerprint density at radius 2 is 2.29 bits per heavy atom. The molecule has 2 aromatic rings. The van der Waals surface area contributed by atoms with Gasteiger partial charge in [0.05, 0.1) is 0 Å². The molecule has 2 heterocycles. The lowest BCUT2D eigenvalue weighted by Gasteiger charge is -1.91. The molecule has 14 heavy (non-hydrogen) atoms. The second-order valence-corrected chi connectivity index (χ2v) is 4.06. The Balaban J connectivity index is 2.32. The predicted molar refractivity (Wildman–Crippen MR) is 59.1 cm³/mol. The maximum Gasteiger partial charge on any atom is 0.153 e. The average molecular weight is 255 g/mol. The van der Waals surface area contributed by atoms with Crippen LogP contribution in [0.4, 0.5) is 0 Å². The van der Waals surface area contributed by atoms with Gasteiger partial charge >= 0.3 is 0 Å². The second-order valence-electron chi connectivity index (χ2n) is 3.14. The van der Waals surface area contributed by atoms with Gasteiger partial charge in [-0.05, 0) is 35.0 Å². The second kappa shape index (κ2) is 4.11. The standard InChI is InChI=1S/C10H11BrN2O/c11-7-4-10-9(13-6-7)5-8(14-10)2-1-3-12/h4-6H,1-3,12H2. The number of nitrogens with zero attached hydrogens (tertiary/aromatic N) is 1. The van der Waals surface area contributed by atoms with Crippen molar-refractivity contribution >= 4 is 27.0 Å². The molecule has 0 aliphatic carbocycles. The van der Waals surface area contributed by atoms with E-state index in [4.69, 9.17) is 10.2 Å². The molecule has 2 rings (SSSR count). The number of rotatable bonds is 3. The number of nitrogens with two attached hydrogens (primary N) is 1. The quantitative estimate of drug-likeness (QED) is 0.916. The number of halogens is 1. The number of aromatic nitrogens is 1. The average Bonchev–Trinajstić information content (AvgIpc) is 2.56. The number of pyridine rings is 1. The van der Waals surface area contributed by atoms with Crippen LogP contribution < -0.4 is 5.73 Å². The summed E-state index contributed by atoms with van der Waals surface area (Å²) in [5, 5.41) is 0. The molecule has 0 fully saturated rings. The van der Waals surface area contributed by atoms with E-state index in [2.05, 4.69) is 20.9 Å². The van der Waals surface area contributed by atoms with Crippen LogP contribution in [0.5, 0.6) is 0 Å². The summed E-state index contributed by atoms with van der Waals surface area (Å²) in [5.41, 5.74) is 7.16. The van der Waals surface area contributed by atoms with Gasteiger partial charge < -0.3 is 10.2 Å². The largest absolute Gasteiger partial charge is 0.459 e. The van der Waals surface area contributed by atoms with Gasteiger partial charge in [0.1, 0.15) is 11.3 Å². The molecule has 0 atom stereocenters. The zero-order valence-corrected chi connectivity index (χ0v) is 9.25. The first-order valence-electron chi connectivity index (χ1n) is 4.53. The molecule has 2 aromatic heterocycles. The Morgan fingerprint density at radius 3 is 3.07 bits per heavy atom. The lowest BCUT2D eigenvalue weighted by molar-refractivity contribution is 0.540. The van der Waals surface area contributed by atoms with Crippen molar-refractivity contribution in [2.24, 2.45) is 5.73 Å². The van der Waals surface area contributed by atoms with Crippen LogP contribution in [0, 0.1) is 0 Å². The Bertz CT molecular complexity index is 439. The Labute approximate surface area is 90.4 Å². The minimum Gasteiger partial charge on any atom is -0.459 e. The summed E-state index contributed by atoms with van der Waals surface area (Å²) in [6.07, 6.45) is 3.59. The molecule has 0 aromatic carbocycles. The van der Waals surface area contributed by atoms with Crippen molar-refractivity contribution in [1.29, 1.82) is 0 Å². The highest BCUT2D eigenvalue weighted by molar-refractivity contribution is 9.10. The zero-order valence-electron chi connectivity index (χ0n) is 7.66. The number of hydrogen-bond acceptors (Lipinski definition) is 3. The molecular weight excluding hydrogens is 244 g/mol. The van der Waals surface area contributed by atoms with Gasteiger partial charge in [-0.15, -0.1) is 0 Å². The topological polar surface area (TPSA) is 52.0 Å². The van der Waals surface area contributed by atoms with E-state index in [0.717, 1.165) is 34.2 Å². The Hall–Kier alpha value is -0.870. The van der Waals surface area contributed by atoms with Crippen molar-refractivity contribution in [2.75, 3.05) is 6.54 Å². The van der Waals surface area contributed by atoms with Crippen molar-refractivity contribution < 1.29 is 4.42 Å². The van der Waals surface area contributed by atoms with Crippen molar-refractivity contribution in [3.63, 3.8) is 0 Å². The van der Waals surface area contributed by atoms with Gasteiger partial charge in [0.2, 0.25) is 0 Å². The van der Waals surface area contributed by atoms with Crippen molar-refractivity contribution in [1.82, 2.24) is 4.98 Å². The molecule has 0 saturated carbocycles. The minimum atomic E-state index is 0.689. The summed E-state index contributed by atoms with van der Waals surface area (Å²) in [7, 11) is 0. The molecular formula is C10H11BrN2O. The van der Waals surface area contributed by atoms with Crippen LogP contribution in [-0.4, -0.2) is 11.5 Å². The number of fused-ring (bicyclic) bond motifs is 1. The highest BCUT2D eigenvalue weighted by atomic mass is 79.9. The molecule has 0 radical (unpaired) electrons. The van der Waals surface area contributed by atoms with Gasteiger partial charge in [-0.3, -0.25) is 4.98 Å². The van der Waals surface area contributed by atoms with Gasteiger partial charge in [0.15, 0.2) is 5.58 Å². The SMILES string of the molecule is NCCCc1cc2ncc(Br)cc2o1. The summed E-state index contributed by atoms with van der Waals surface area (Å²) in [4.78, 5) is 4.24. The molecule has 0 unspecified atom stereocenters. The van der Waals surface area contributed by atoms with Crippen LogP contribution in [0.2, 0.25) is 0 Å². The van der Waals surface area contributed by atoms with E-state index in [1.54, 1.807) is 6.20 Å². The highest BCUT2D eigenvalue weighted by Crippen LogP contribution is 2.21. The molecule has 0 amide bonds. The maximum atomic E-state index is 5.60. The van der Waals surface area contributed by atoms with Crippen LogP contribution in [-0.2, 0) is 6.42 Å². The summed E-state index contributed by atoms with van der Waals surface area (Å²) in [6.45, 7) is 0.689. The smallest absolute Gasteiger partial charge is 0.153 e. The third kappa shape index (κ3) is 1.96. The fourth-order valence-electron chi connectivity index (χ4n) is 1.34. The normalized spacial score (nSPS) is 11.0. The van der Waals surface area contributed by atoms with Crippen LogP contribution >= 0.6 is 15.9 Å². The van der Waals surface area contributed by atoms with E-state index < -0.39 is 0 Å². The lowest BCUT2D eigenvalue weighted by Crippen LogP contribution is -1.99. The van der Waals surface area contributed by atoms with Crippen molar-refractivity contribution in [2.45, 2.75) is 12.8 Å². The summed E-state index contributed by atoms with van der Waals surface area (Å²) in [6, 6.07) is 3.89. The van der Waals surface area contributed by atoms with Gasteiger partial charge in [-0.1, -0.05) is 0 Å². The van der Waals surface area contributed by atoms with Crippen molar-refractivity contribution in [3.8, 4) is 0 Å². The predicted octanol–water partition coefficient (Wildman–Crippen LogP) is 2.48. The molecule has 0 bridgehead atoms. The summed E-state index contributed by atoms with van der Waals surface area (Å²) in [5.74, 6) is 0.955. The summed E-state index contributed by atoms with van der Waals surface area (Å²) < 4.78 is 6.54. The van der Waals surface area contributed by atoms with Gasteiger partial charge in [0, 0.05) is 23.2 Å². The molecule has 0 aliphatic heterocycles. The van der Waals surface area contributed by atoms with E-state index in [9.17, 15) is 0 Å². The Morgan fingerprint density at radius 1 is 1.43 bits per heavy atom. The molecule has 4 heteroatoms. The van der Waals surface area contributed by atoms with Crippen molar-refractivity contribution in [3.05, 3.63) is 28.6 Å². The van der Waals surface area contributed by atoms with Gasteiger partial charge in [-0.25, -0.2) is 0 Å². The van der Waals surface area contributed by atoms with Crippen LogP contribution in [0.1, 0.15) is 12.2 Å². The van der Waals surface area contributed by atoms with Crippen LogP contribution in [0.25, 0.3) is 11.1 Å². The van der Waals surface area contributed by atoms with Gasteiger partial charge in [0.25, 0.3) is 0 Å². The first-order valence-corrected chi connectivity index (χ1v) is 5.33. The highest BCUT2D eigenvalue weighted by Gasteiger charge is 2.04. The number of furan rings is 1. The van der Waals surface area contributed by atoms with E-state index in [-0.39, 0.29) is 0 Å². The minimum absolute atomic E-state index is 0.689. The zero-order chi connectivity index (χ0) is 9.97. The number of aryl methyl sites for hydroxylation is 1. The monoisotopic (exact) mass is 254 g/mol. The third-order valence-corrected chi connectivity index (χ3v) is 2.45. The molecule has 0 saturated heterocycles. The molecule has 2 N–H and O–H groups in total. The number of hydrogen-bond donors (Lipinski definition) is 1. The fraction of sp³-hybridized carbons (Fsp3) is 0.300. The first kappa shape index (κ1) is 9.68. The third-order valence-electron chi connectivity index (χ3n) is 2.01. The van der Waals surface area contributed by atoms with Crippen LogP contribution in [0.15, 0.2) is 27.2 Å². The maximum absolute atomic E-state index is 5.60. The molecule has 0 aliphatic rings. The van der Waals surface area contributed by atoms with Gasteiger partial charge in [-0.2, -0.15) is 0 Å². The first-order chi connectivity index (χ1) is 6.79. The van der Waals surface area contributed by atoms with E-state index >= 15 is 0 Å². The molecule has 0 spiro atoms. The fourth-order valence-corrected chi connectivity index (χ4v) is 1.65. The van der Waals surface area contributed by atoms with E-state index in [1.165, 1.54) is 0 Å². The van der Waals surface area contributed by atoms with E-state index in [0.29, 0.717) is 6.54 Å². The lowest BCUT2D eigenvalue weighted by atomic mass is 10.2. The Kier molecular flexibility index (Phi) is 2.84. The van der Waals surface area contributed by atoms with Crippen LogP contribution in [0.3, 0.4) is 0 Å². The molecule has 3 nitrogen and oxygen atoms in total. The van der Waals surface area contributed by atoms with E-state index in [1.807, 2.05) is 12.1 Å². The summed E-state index contributed by atoms with van der Waals surface area (Å²) >= 11 is 3.35. The molecule has 74 valence electrons.